The number of fused-ring (bicyclic) bond motifs is 5. The average Bonchev–Trinajstić information content (AvgIpc) is 1.69. The number of nitrogens with zero attached hydrogens (tertiary/aromatic N) is 14. The van der Waals surface area contributed by atoms with Crippen molar-refractivity contribution in [3.05, 3.63) is 112 Å². The van der Waals surface area contributed by atoms with Crippen LogP contribution in [-0.4, -0.2) is 216 Å². The van der Waals surface area contributed by atoms with Crippen LogP contribution >= 0.6 is 0 Å². The van der Waals surface area contributed by atoms with Gasteiger partial charge >= 0.3 is 41.8 Å². The van der Waals surface area contributed by atoms with Crippen molar-refractivity contribution in [1.29, 1.82) is 0 Å². The molecule has 3 unspecified atom stereocenters. The standard InChI is InChI=1S/2C10H14N2O2.C8H12N2O.C8H10N2O.C6H10N2O3.C6H8N2O2.C6H11NO2.C5H10N2O2.C5H4N2O2.C5H6O2.CH4O.CH3.Pd/c1-2-14-10(13)8-7-11-12-6-4-3-5-9(8)12;1-2-14-10(13)9-7-8-5-3-4-6-12(8)11-9;2*11-6-7-5-8-3-1-2-4-10(8)9-7;9-6(10)5-3-1-2-4-8(5)7-11;9-6-5-3-1-2-4-8(5)7-10-6;8-6(9)5-3-1-2-4-7-5;2*8-5(9)4-3-6-1-2-7-4;1-3-5(6)7-4-2;1-2;;/h2*7H,2-6H2,1H3;5,11H,1-4,6H2;5-6H,1-4H2;5H,1-4H2,(H,9,10);1-4H2;5,7H,1-4H2,(H,8,9);4,6-7H,1-3H2,(H,8,9);1-3H,(H,8,9);1H,4H2,2H3;2H,1H3;1H3;/q;;;;;;;;;;;-1;. The summed E-state index contributed by atoms with van der Waals surface area (Å²) in [5, 5.41) is 93.2. The van der Waals surface area contributed by atoms with E-state index in [0.29, 0.717) is 56.3 Å². The van der Waals surface area contributed by atoms with Crippen molar-refractivity contribution in [1.82, 2.24) is 75.3 Å². The zero-order chi connectivity index (χ0) is 78.3. The number of carbonyl (C=O) groups is 8. The summed E-state index contributed by atoms with van der Waals surface area (Å²) in [7, 11) is 1.00. The largest absolute Gasteiger partial charge is 0.539 e. The third kappa shape index (κ3) is 34.1. The number of carboxylic acids is 4. The van der Waals surface area contributed by atoms with Crippen molar-refractivity contribution in [2.75, 3.05) is 59.7 Å². The van der Waals surface area contributed by atoms with E-state index in [1.807, 2.05) is 43.9 Å². The van der Waals surface area contributed by atoms with Crippen LogP contribution in [-0.2, 0) is 125 Å². The Bertz CT molecular complexity index is 3610. The number of ether oxygens (including phenoxy) is 3. The molecule has 3 atom stereocenters. The fraction of sp³-hybridized carbons (Fsp3) is 0.592. The van der Waals surface area contributed by atoms with Crippen LogP contribution in [0.25, 0.3) is 0 Å². The third-order valence-electron chi connectivity index (χ3n) is 16.9. The summed E-state index contributed by atoms with van der Waals surface area (Å²) in [4.78, 5) is 101. The minimum atomic E-state index is -1.05. The minimum absolute atomic E-state index is 0. The number of aliphatic hydroxyl groups excluding tert-OH is 2. The number of nitroso groups, excluding NO2 is 1. The monoisotopic (exact) mass is 1620 g/mol. The van der Waals surface area contributed by atoms with Gasteiger partial charge in [0.05, 0.1) is 60.8 Å². The molecule has 0 aromatic carbocycles. The van der Waals surface area contributed by atoms with Crippen LogP contribution in [0, 0.1) is 24.7 Å². The molecule has 0 bridgehead atoms. The number of esters is 3. The molecule has 0 spiro atoms. The molecule has 37 nitrogen and oxygen atoms in total. The number of terminal acetylenes is 1. The number of nitrogens with one attached hydrogen (secondary N) is 3. The van der Waals surface area contributed by atoms with E-state index in [1.54, 1.807) is 30.6 Å². The smallest absolute Gasteiger partial charge is 0.384 e. The summed E-state index contributed by atoms with van der Waals surface area (Å²) in [6, 6.07) is 4.36. The van der Waals surface area contributed by atoms with Crippen molar-refractivity contribution in [2.45, 2.75) is 213 Å². The second-order valence-electron chi connectivity index (χ2n) is 24.4. The maximum atomic E-state index is 11.5. The Balaban J connectivity index is 0.000000411. The van der Waals surface area contributed by atoms with E-state index in [4.69, 9.17) is 40.1 Å². The number of aliphatic carboxylic acids is 3. The number of carboxylic acid groups (broad SMARTS) is 4. The number of aldehydes is 1. The van der Waals surface area contributed by atoms with Gasteiger partial charge < -0.3 is 77.9 Å². The van der Waals surface area contributed by atoms with Gasteiger partial charge in [-0.15, -0.1) is 11.3 Å². The van der Waals surface area contributed by atoms with E-state index in [9.17, 15) is 48.4 Å². The van der Waals surface area contributed by atoms with Crippen molar-refractivity contribution >= 4 is 48.1 Å². The molecule has 6 aromatic heterocycles. The topological polar surface area (TPSA) is 504 Å². The van der Waals surface area contributed by atoms with Gasteiger partial charge in [0.2, 0.25) is 5.69 Å². The Kier molecular flexibility index (Phi) is 47.9. The van der Waals surface area contributed by atoms with Crippen LogP contribution in [0.15, 0.2) is 52.8 Å². The zero-order valence-electron chi connectivity index (χ0n) is 62.7. The fourth-order valence-electron chi connectivity index (χ4n) is 11.6. The Morgan fingerprint density at radius 1 is 0.661 bits per heavy atom. The van der Waals surface area contributed by atoms with Gasteiger partial charge in [0.1, 0.15) is 29.4 Å². The predicted octanol–water partition coefficient (Wildman–Crippen LogP) is 3.77. The van der Waals surface area contributed by atoms with Crippen LogP contribution in [0.1, 0.15) is 199 Å². The molecule has 0 saturated carbocycles. The first-order chi connectivity index (χ1) is 51.8. The Labute approximate surface area is 646 Å². The van der Waals surface area contributed by atoms with E-state index in [0.717, 1.165) is 190 Å². The van der Waals surface area contributed by atoms with Crippen LogP contribution in [0.2, 0.25) is 0 Å². The number of aliphatic hydroxyl groups is 2. The molecule has 6 aromatic rings. The summed E-state index contributed by atoms with van der Waals surface area (Å²) in [6.07, 6.45) is 32.9. The Morgan fingerprint density at radius 2 is 1.24 bits per heavy atom. The second kappa shape index (κ2) is 54.8. The molecule has 14 heterocycles. The number of aryl methyl sites for hydroxylation is 8. The Morgan fingerprint density at radius 3 is 1.71 bits per heavy atom. The molecule has 8 aliphatic heterocycles. The first-order valence-electron chi connectivity index (χ1n) is 36.0. The summed E-state index contributed by atoms with van der Waals surface area (Å²) >= 11 is 0. The predicted molar refractivity (Wildman–Crippen MR) is 385 cm³/mol. The van der Waals surface area contributed by atoms with E-state index in [-0.39, 0.29) is 64.1 Å². The van der Waals surface area contributed by atoms with Gasteiger partial charge in [-0.25, -0.2) is 34.0 Å². The number of aromatic carboxylic acids is 1. The van der Waals surface area contributed by atoms with E-state index >= 15 is 0 Å². The van der Waals surface area contributed by atoms with E-state index < -0.39 is 41.9 Å². The molecule has 606 valence electrons. The molecule has 14 rings (SSSR count). The quantitative estimate of drug-likeness (QED) is 0.00969. The molecule has 0 radical (unpaired) electrons. The van der Waals surface area contributed by atoms with Gasteiger partial charge in [-0.3, -0.25) is 38.1 Å². The maximum absolute atomic E-state index is 11.5. The van der Waals surface area contributed by atoms with Crippen LogP contribution in [0.5, 0.6) is 5.95 Å². The summed E-state index contributed by atoms with van der Waals surface area (Å²) in [5.74, 6) is -3.10. The van der Waals surface area contributed by atoms with Gasteiger partial charge in [-0.05, 0) is 161 Å². The van der Waals surface area contributed by atoms with Gasteiger partial charge in [0, 0.05) is 128 Å². The van der Waals surface area contributed by atoms with Crippen molar-refractivity contribution in [2.24, 2.45) is 5.29 Å². The second-order valence-corrected chi connectivity index (χ2v) is 24.4. The summed E-state index contributed by atoms with van der Waals surface area (Å²) in [6.45, 7) is 14.7. The number of aromatic nitrogens is 12. The SMILES string of the molecule is C#CC(=O)OCC.CCOC(=O)c1cc2n(n1)CCCC2.CCOC(=O)c1cnn2c1CCCC2.CO.O=C(O)C1CCCCN1.O=C(O)C1CNCCN1.O=C(O)c1cnccn1.O=Cc1cc2n(n1)CCCC2.O=NN1CCCCC1C(=O)O.OCc1cc2n(n1)CCCC2.[CH3-].[O-]c1on[n+]2c1CCCC2.[Pd]. The van der Waals surface area contributed by atoms with Gasteiger partial charge in [0.15, 0.2) is 30.2 Å². The van der Waals surface area contributed by atoms with Crippen LogP contribution < -0.4 is 25.7 Å². The number of piperazine rings is 1. The molecular weight excluding hydrogens is 1520 g/mol. The first kappa shape index (κ1) is 95.3. The van der Waals surface area contributed by atoms with Gasteiger partial charge in [0.25, 0.3) is 0 Å². The van der Waals surface area contributed by atoms with Gasteiger partial charge in [-0.2, -0.15) is 20.4 Å². The molecule has 8 aliphatic rings. The molecule has 0 aliphatic carbocycles. The molecule has 0 amide bonds. The van der Waals surface area contributed by atoms with Crippen LogP contribution in [0.4, 0.5) is 0 Å². The molecule has 3 saturated heterocycles. The molecule has 109 heavy (non-hydrogen) atoms. The number of piperidine rings is 2. The molecule has 38 heteroatoms. The number of rotatable bonds is 12. The normalized spacial score (nSPS) is 17.0. The molecule has 3 fully saturated rings. The summed E-state index contributed by atoms with van der Waals surface area (Å²) in [5.41, 5.74) is 7.84. The molecule has 9 N–H and O–H groups in total. The average molecular weight is 1620 g/mol. The van der Waals surface area contributed by atoms with Crippen molar-refractivity contribution < 1.29 is 118 Å². The maximum Gasteiger partial charge on any atom is 0.384 e. The first-order valence-corrected chi connectivity index (χ1v) is 36.0. The fourth-order valence-corrected chi connectivity index (χ4v) is 11.6. The van der Waals surface area contributed by atoms with E-state index in [1.165, 1.54) is 62.1 Å². The van der Waals surface area contributed by atoms with Gasteiger partial charge in [-0.1, -0.05) is 11.1 Å². The minimum Gasteiger partial charge on any atom is -0.539 e. The zero-order valence-corrected chi connectivity index (χ0v) is 64.2. The van der Waals surface area contributed by atoms with Crippen molar-refractivity contribution in [3.63, 3.8) is 0 Å². The molecular formula is C71H106N17O20Pd-. The van der Waals surface area contributed by atoms with Crippen LogP contribution in [0.3, 0.4) is 0 Å². The Hall–Kier alpha value is -9.76. The third-order valence-corrected chi connectivity index (χ3v) is 16.9. The number of hydrogen-bond donors (Lipinski definition) is 9. The van der Waals surface area contributed by atoms with Crippen molar-refractivity contribution in [3.8, 4) is 18.3 Å². The van der Waals surface area contributed by atoms with E-state index in [2.05, 4.69) is 72.6 Å². The number of carbonyl (C=O) groups excluding carboxylic acids is 4. The summed E-state index contributed by atoms with van der Waals surface area (Å²) < 4.78 is 28.1. The number of hydrogen-bond acceptors (Lipinski definition) is 27.